The van der Waals surface area contributed by atoms with Gasteiger partial charge < -0.3 is 14.5 Å². The van der Waals surface area contributed by atoms with Crippen LogP contribution >= 0.6 is 0 Å². The van der Waals surface area contributed by atoms with Crippen LogP contribution in [0.1, 0.15) is 35.5 Å². The van der Waals surface area contributed by atoms with E-state index in [2.05, 4.69) is 5.32 Å². The summed E-state index contributed by atoms with van der Waals surface area (Å²) in [6.07, 6.45) is 1.42. The van der Waals surface area contributed by atoms with Crippen LogP contribution in [-0.4, -0.2) is 29.7 Å². The average Bonchev–Trinajstić information content (AvgIpc) is 3.30. The van der Waals surface area contributed by atoms with E-state index in [0.717, 1.165) is 5.56 Å². The van der Waals surface area contributed by atoms with Gasteiger partial charge in [-0.2, -0.15) is 0 Å². The number of hydrogen-bond acceptors (Lipinski definition) is 5. The third-order valence-corrected chi connectivity index (χ3v) is 5.02. The zero-order valence-corrected chi connectivity index (χ0v) is 17.3. The fraction of sp³-hybridized carbons (Fsp3) is 0.208. The molecule has 1 aliphatic rings. The molecule has 0 fully saturated rings. The van der Waals surface area contributed by atoms with E-state index < -0.39 is 5.60 Å². The highest BCUT2D eigenvalue weighted by Gasteiger charge is 2.41. The number of anilines is 1. The number of carbonyl (C=O) groups is 3. The quantitative estimate of drug-likeness (QED) is 0.621. The van der Waals surface area contributed by atoms with Gasteiger partial charge in [0.1, 0.15) is 12.3 Å². The largest absolute Gasteiger partial charge is 0.476 e. The summed E-state index contributed by atoms with van der Waals surface area (Å²) in [7, 11) is 0. The molecule has 2 aromatic carbocycles. The van der Waals surface area contributed by atoms with Crippen LogP contribution in [0.4, 0.5) is 5.69 Å². The number of nitrogens with one attached hydrogen (secondary N) is 1. The highest BCUT2D eigenvalue weighted by atomic mass is 16.5. The molecule has 0 radical (unpaired) electrons. The number of hydrogen-bond donors (Lipinski definition) is 1. The Kier molecular flexibility index (Phi) is 5.33. The van der Waals surface area contributed by atoms with Crippen molar-refractivity contribution in [3.8, 4) is 5.75 Å². The topological polar surface area (TPSA) is 88.8 Å². The van der Waals surface area contributed by atoms with Gasteiger partial charge in [-0.25, -0.2) is 0 Å². The molecule has 0 unspecified atom stereocenters. The molecule has 7 heteroatoms. The van der Waals surface area contributed by atoms with Gasteiger partial charge in [-0.3, -0.25) is 19.3 Å². The average molecular weight is 418 g/mol. The number of benzene rings is 2. The Labute approximate surface area is 179 Å². The molecule has 0 bridgehead atoms. The summed E-state index contributed by atoms with van der Waals surface area (Å²) < 4.78 is 11.0. The van der Waals surface area contributed by atoms with Gasteiger partial charge in [-0.1, -0.05) is 30.3 Å². The van der Waals surface area contributed by atoms with Gasteiger partial charge in [-0.05, 0) is 49.7 Å². The van der Waals surface area contributed by atoms with Crippen LogP contribution in [0.2, 0.25) is 0 Å². The molecule has 1 aliphatic heterocycles. The Morgan fingerprint density at radius 1 is 1.03 bits per heavy atom. The highest BCUT2D eigenvalue weighted by molar-refractivity contribution is 6.10. The first-order valence-electron chi connectivity index (χ1n) is 9.89. The van der Waals surface area contributed by atoms with Crippen molar-refractivity contribution in [2.75, 3.05) is 11.4 Å². The maximum atomic E-state index is 13.0. The van der Waals surface area contributed by atoms with Crippen molar-refractivity contribution < 1.29 is 23.5 Å². The van der Waals surface area contributed by atoms with E-state index in [1.54, 1.807) is 44.2 Å². The lowest BCUT2D eigenvalue weighted by Gasteiger charge is -2.38. The van der Waals surface area contributed by atoms with Crippen molar-refractivity contribution in [3.63, 3.8) is 0 Å². The monoisotopic (exact) mass is 418 g/mol. The molecule has 0 atom stereocenters. The van der Waals surface area contributed by atoms with E-state index in [9.17, 15) is 14.4 Å². The highest BCUT2D eigenvalue weighted by Crippen LogP contribution is 2.38. The minimum Gasteiger partial charge on any atom is -0.476 e. The first-order chi connectivity index (χ1) is 14.8. The molecule has 4 rings (SSSR count). The fourth-order valence-electron chi connectivity index (χ4n) is 3.41. The van der Waals surface area contributed by atoms with Crippen molar-refractivity contribution in [2.24, 2.45) is 0 Å². The molecule has 0 aliphatic carbocycles. The standard InChI is InChI=1S/C24H22N2O5/c1-24(2)23(29)26(15-21(27)25-14-16-7-4-3-5-8-16)18-13-17(10-11-19(18)31-24)22(28)20-9-6-12-30-20/h3-13H,14-15H2,1-2H3,(H,25,27). The molecular weight excluding hydrogens is 396 g/mol. The molecular formula is C24H22N2O5. The zero-order valence-electron chi connectivity index (χ0n) is 17.3. The number of amides is 2. The van der Waals surface area contributed by atoms with Gasteiger partial charge in [0.2, 0.25) is 11.7 Å². The summed E-state index contributed by atoms with van der Waals surface area (Å²) in [4.78, 5) is 39.7. The first kappa shape index (κ1) is 20.4. The molecule has 1 N–H and O–H groups in total. The lowest BCUT2D eigenvalue weighted by Crippen LogP contribution is -2.55. The number of nitrogens with zero attached hydrogens (tertiary/aromatic N) is 1. The van der Waals surface area contributed by atoms with Crippen molar-refractivity contribution in [3.05, 3.63) is 83.8 Å². The molecule has 7 nitrogen and oxygen atoms in total. The summed E-state index contributed by atoms with van der Waals surface area (Å²) in [6.45, 7) is 3.46. The lowest BCUT2D eigenvalue weighted by molar-refractivity contribution is -0.134. The minimum atomic E-state index is -1.14. The molecule has 3 aromatic rings. The smallest absolute Gasteiger partial charge is 0.271 e. The molecule has 158 valence electrons. The second-order valence-electron chi connectivity index (χ2n) is 7.75. The molecule has 2 amide bonds. The van der Waals surface area contributed by atoms with Crippen LogP contribution in [0, 0.1) is 0 Å². The van der Waals surface area contributed by atoms with Gasteiger partial charge in [0.15, 0.2) is 11.4 Å². The van der Waals surface area contributed by atoms with E-state index in [1.807, 2.05) is 30.3 Å². The Bertz CT molecular complexity index is 1120. The zero-order chi connectivity index (χ0) is 22.0. The van der Waals surface area contributed by atoms with Gasteiger partial charge in [0.05, 0.1) is 12.0 Å². The molecule has 0 saturated heterocycles. The first-order valence-corrected chi connectivity index (χ1v) is 9.89. The second-order valence-corrected chi connectivity index (χ2v) is 7.75. The summed E-state index contributed by atoms with van der Waals surface area (Å²) in [5.41, 5.74) is 0.520. The van der Waals surface area contributed by atoms with Crippen molar-refractivity contribution >= 4 is 23.3 Å². The lowest BCUT2D eigenvalue weighted by atomic mass is 10.0. The van der Waals surface area contributed by atoms with E-state index in [1.165, 1.54) is 11.2 Å². The van der Waals surface area contributed by atoms with Gasteiger partial charge >= 0.3 is 0 Å². The van der Waals surface area contributed by atoms with Gasteiger partial charge in [0, 0.05) is 12.1 Å². The molecule has 1 aromatic heterocycles. The number of fused-ring (bicyclic) bond motifs is 1. The number of ketones is 1. The minimum absolute atomic E-state index is 0.190. The fourth-order valence-corrected chi connectivity index (χ4v) is 3.41. The van der Waals surface area contributed by atoms with E-state index in [0.29, 0.717) is 23.5 Å². The number of carbonyl (C=O) groups excluding carboxylic acids is 3. The second kappa shape index (κ2) is 8.10. The van der Waals surface area contributed by atoms with Crippen LogP contribution in [0.25, 0.3) is 0 Å². The SMILES string of the molecule is CC1(C)Oc2ccc(C(=O)c3ccco3)cc2N(CC(=O)NCc2ccccc2)C1=O. The molecule has 31 heavy (non-hydrogen) atoms. The Morgan fingerprint density at radius 3 is 2.52 bits per heavy atom. The molecule has 0 saturated carbocycles. The van der Waals surface area contributed by atoms with Gasteiger partial charge in [0.25, 0.3) is 5.91 Å². The molecule has 2 heterocycles. The van der Waals surface area contributed by atoms with E-state index in [4.69, 9.17) is 9.15 Å². The van der Waals surface area contributed by atoms with Crippen LogP contribution < -0.4 is 15.0 Å². The predicted molar refractivity (Wildman–Crippen MR) is 114 cm³/mol. The van der Waals surface area contributed by atoms with Crippen molar-refractivity contribution in [1.29, 1.82) is 0 Å². The summed E-state index contributed by atoms with van der Waals surface area (Å²) in [5, 5.41) is 2.83. The summed E-state index contributed by atoms with van der Waals surface area (Å²) in [5.74, 6) is -0.383. The van der Waals surface area contributed by atoms with Crippen molar-refractivity contribution in [1.82, 2.24) is 5.32 Å². The maximum Gasteiger partial charge on any atom is 0.271 e. The third-order valence-electron chi connectivity index (χ3n) is 5.02. The third kappa shape index (κ3) is 4.21. The molecule has 0 spiro atoms. The van der Waals surface area contributed by atoms with E-state index in [-0.39, 0.29) is 29.9 Å². The maximum absolute atomic E-state index is 13.0. The van der Waals surface area contributed by atoms with Crippen LogP contribution in [0.3, 0.4) is 0 Å². The number of furan rings is 1. The summed E-state index contributed by atoms with van der Waals surface area (Å²) >= 11 is 0. The van der Waals surface area contributed by atoms with Crippen LogP contribution in [-0.2, 0) is 16.1 Å². The Hall–Kier alpha value is -3.87. The predicted octanol–water partition coefficient (Wildman–Crippen LogP) is 3.33. The summed E-state index contributed by atoms with van der Waals surface area (Å²) in [6, 6.07) is 17.5. The van der Waals surface area contributed by atoms with E-state index >= 15 is 0 Å². The van der Waals surface area contributed by atoms with Crippen LogP contribution in [0.5, 0.6) is 5.75 Å². The van der Waals surface area contributed by atoms with Crippen LogP contribution in [0.15, 0.2) is 71.3 Å². The van der Waals surface area contributed by atoms with Gasteiger partial charge in [-0.15, -0.1) is 0 Å². The van der Waals surface area contributed by atoms with Crippen molar-refractivity contribution in [2.45, 2.75) is 26.0 Å². The Balaban J connectivity index is 1.59. The number of ether oxygens (including phenoxy) is 1. The number of rotatable bonds is 6. The normalized spacial score (nSPS) is 14.5. The Morgan fingerprint density at radius 2 is 1.81 bits per heavy atom.